The number of nitrogens with one attached hydrogen (secondary N) is 2. The second kappa shape index (κ2) is 6.74. The maximum atomic E-state index is 12.1. The smallest absolute Gasteiger partial charge is 0.234 e. The Morgan fingerprint density at radius 1 is 1.26 bits per heavy atom. The molecule has 0 aromatic heterocycles. The van der Waals surface area contributed by atoms with E-state index in [-0.39, 0.29) is 11.4 Å². The molecule has 0 aliphatic heterocycles. The van der Waals surface area contributed by atoms with Gasteiger partial charge in [0.25, 0.3) is 0 Å². The molecule has 1 rings (SSSR count). The summed E-state index contributed by atoms with van der Waals surface area (Å²) in [5.74, 6) is 2.15. The third kappa shape index (κ3) is 5.94. The second-order valence-electron chi connectivity index (χ2n) is 7.60. The monoisotopic (exact) mass is 268 g/mol. The van der Waals surface area contributed by atoms with Crippen molar-refractivity contribution in [3.05, 3.63) is 0 Å². The van der Waals surface area contributed by atoms with Gasteiger partial charge in [0.1, 0.15) is 0 Å². The van der Waals surface area contributed by atoms with Gasteiger partial charge in [-0.05, 0) is 51.4 Å². The highest BCUT2D eigenvalue weighted by Gasteiger charge is 2.31. The van der Waals surface area contributed by atoms with Gasteiger partial charge < -0.3 is 10.6 Å². The maximum absolute atomic E-state index is 12.1. The van der Waals surface area contributed by atoms with Crippen LogP contribution in [0.1, 0.15) is 60.8 Å². The zero-order valence-electron chi connectivity index (χ0n) is 13.5. The van der Waals surface area contributed by atoms with Crippen LogP contribution in [0.3, 0.4) is 0 Å². The molecule has 0 spiro atoms. The van der Waals surface area contributed by atoms with Crippen molar-refractivity contribution in [2.45, 2.75) is 72.4 Å². The second-order valence-corrected chi connectivity index (χ2v) is 7.60. The van der Waals surface area contributed by atoms with Crippen molar-refractivity contribution in [3.8, 4) is 0 Å². The minimum atomic E-state index is -0.00531. The minimum absolute atomic E-state index is 0.00531. The molecule has 3 nitrogen and oxygen atoms in total. The quantitative estimate of drug-likeness (QED) is 0.823. The predicted octanol–water partition coefficient (Wildman–Crippen LogP) is 2.95. The van der Waals surface area contributed by atoms with E-state index in [9.17, 15) is 4.79 Å². The zero-order chi connectivity index (χ0) is 14.6. The van der Waals surface area contributed by atoms with E-state index in [0.29, 0.717) is 24.4 Å². The Morgan fingerprint density at radius 2 is 1.89 bits per heavy atom. The minimum Gasteiger partial charge on any atom is -0.352 e. The number of carbonyl (C=O) groups is 1. The van der Waals surface area contributed by atoms with Crippen LogP contribution in [0.15, 0.2) is 0 Å². The summed E-state index contributed by atoms with van der Waals surface area (Å²) in [4.78, 5) is 12.1. The summed E-state index contributed by atoms with van der Waals surface area (Å²) in [7, 11) is 0. The number of hydrogen-bond acceptors (Lipinski definition) is 2. The van der Waals surface area contributed by atoms with Crippen molar-refractivity contribution in [3.63, 3.8) is 0 Å². The maximum Gasteiger partial charge on any atom is 0.234 e. The van der Waals surface area contributed by atoms with Gasteiger partial charge in [-0.25, -0.2) is 0 Å². The van der Waals surface area contributed by atoms with Gasteiger partial charge in [0.05, 0.1) is 6.54 Å². The van der Waals surface area contributed by atoms with E-state index in [0.717, 1.165) is 12.3 Å². The molecule has 3 atom stereocenters. The Kier molecular flexibility index (Phi) is 5.84. The first-order valence-corrected chi connectivity index (χ1v) is 7.73. The van der Waals surface area contributed by atoms with E-state index in [1.165, 1.54) is 12.8 Å². The first-order valence-electron chi connectivity index (χ1n) is 7.73. The van der Waals surface area contributed by atoms with Gasteiger partial charge in [0, 0.05) is 11.6 Å². The van der Waals surface area contributed by atoms with Crippen LogP contribution in [0.2, 0.25) is 0 Å². The fourth-order valence-electron chi connectivity index (χ4n) is 2.97. The van der Waals surface area contributed by atoms with E-state index in [4.69, 9.17) is 0 Å². The van der Waals surface area contributed by atoms with Crippen LogP contribution >= 0.6 is 0 Å². The average molecular weight is 268 g/mol. The summed E-state index contributed by atoms with van der Waals surface area (Å²) < 4.78 is 0. The van der Waals surface area contributed by atoms with Gasteiger partial charge in [-0.15, -0.1) is 0 Å². The van der Waals surface area contributed by atoms with E-state index in [1.54, 1.807) is 0 Å². The molecular formula is C16H32N2O. The third-order valence-corrected chi connectivity index (χ3v) is 4.15. The zero-order valence-corrected chi connectivity index (χ0v) is 13.5. The van der Waals surface area contributed by atoms with Crippen molar-refractivity contribution in [2.75, 3.05) is 6.54 Å². The largest absolute Gasteiger partial charge is 0.352 e. The number of amides is 1. The normalized spacial score (nSPS) is 28.5. The molecule has 0 saturated heterocycles. The van der Waals surface area contributed by atoms with Crippen molar-refractivity contribution in [1.82, 2.24) is 10.6 Å². The molecule has 1 amide bonds. The molecule has 1 aliphatic rings. The van der Waals surface area contributed by atoms with Crippen LogP contribution in [-0.2, 0) is 4.79 Å². The Morgan fingerprint density at radius 3 is 2.42 bits per heavy atom. The Hall–Kier alpha value is -0.570. The molecule has 0 bridgehead atoms. The summed E-state index contributed by atoms with van der Waals surface area (Å²) in [5, 5.41) is 6.51. The average Bonchev–Trinajstić information content (AvgIpc) is 2.25. The SMILES string of the molecule is CC1CCC(C(C)C)C(NC(=O)CNC(C)(C)C)C1. The molecule has 2 N–H and O–H groups in total. The Bertz CT molecular complexity index is 294. The highest BCUT2D eigenvalue weighted by Crippen LogP contribution is 2.33. The lowest BCUT2D eigenvalue weighted by Gasteiger charge is -2.38. The fourth-order valence-corrected chi connectivity index (χ4v) is 2.97. The predicted molar refractivity (Wildman–Crippen MR) is 81.0 cm³/mol. The lowest BCUT2D eigenvalue weighted by atomic mass is 9.74. The molecule has 1 saturated carbocycles. The highest BCUT2D eigenvalue weighted by molar-refractivity contribution is 5.78. The van der Waals surface area contributed by atoms with Crippen LogP contribution in [0.4, 0.5) is 0 Å². The first kappa shape index (κ1) is 16.5. The molecular weight excluding hydrogens is 236 g/mol. The number of hydrogen-bond donors (Lipinski definition) is 2. The summed E-state index contributed by atoms with van der Waals surface area (Å²) in [6, 6.07) is 0.359. The molecule has 1 fully saturated rings. The summed E-state index contributed by atoms with van der Waals surface area (Å²) in [5.41, 5.74) is -0.00531. The summed E-state index contributed by atoms with van der Waals surface area (Å²) >= 11 is 0. The van der Waals surface area contributed by atoms with Crippen LogP contribution in [-0.4, -0.2) is 24.0 Å². The van der Waals surface area contributed by atoms with Crippen molar-refractivity contribution >= 4 is 5.91 Å². The van der Waals surface area contributed by atoms with Gasteiger partial charge >= 0.3 is 0 Å². The van der Waals surface area contributed by atoms with Crippen LogP contribution < -0.4 is 10.6 Å². The van der Waals surface area contributed by atoms with Crippen LogP contribution in [0.25, 0.3) is 0 Å². The molecule has 0 aromatic carbocycles. The van der Waals surface area contributed by atoms with E-state index in [2.05, 4.69) is 52.2 Å². The first-order chi connectivity index (χ1) is 8.69. The van der Waals surface area contributed by atoms with Crippen LogP contribution in [0, 0.1) is 17.8 Å². The van der Waals surface area contributed by atoms with Gasteiger partial charge in [0.15, 0.2) is 0 Å². The molecule has 0 radical (unpaired) electrons. The summed E-state index contributed by atoms with van der Waals surface area (Å²) in [6.45, 7) is 13.5. The van der Waals surface area contributed by atoms with E-state index in [1.807, 2.05) is 0 Å². The molecule has 3 unspecified atom stereocenters. The Labute approximate surface area is 118 Å². The molecule has 3 heteroatoms. The summed E-state index contributed by atoms with van der Waals surface area (Å²) in [6.07, 6.45) is 3.68. The number of carbonyl (C=O) groups excluding carboxylic acids is 1. The topological polar surface area (TPSA) is 41.1 Å². The standard InChI is InChI=1S/C16H32N2O/c1-11(2)13-8-7-12(3)9-14(13)18-15(19)10-17-16(4,5)6/h11-14,17H,7-10H2,1-6H3,(H,18,19). The van der Waals surface area contributed by atoms with Crippen molar-refractivity contribution in [1.29, 1.82) is 0 Å². The van der Waals surface area contributed by atoms with Gasteiger partial charge in [-0.2, -0.15) is 0 Å². The lowest BCUT2D eigenvalue weighted by Crippen LogP contribution is -2.50. The molecule has 0 aromatic rings. The Balaban J connectivity index is 2.49. The molecule has 1 aliphatic carbocycles. The lowest BCUT2D eigenvalue weighted by molar-refractivity contribution is -0.122. The van der Waals surface area contributed by atoms with Gasteiger partial charge in [-0.3, -0.25) is 4.79 Å². The van der Waals surface area contributed by atoms with Crippen LogP contribution in [0.5, 0.6) is 0 Å². The highest BCUT2D eigenvalue weighted by atomic mass is 16.2. The van der Waals surface area contributed by atoms with E-state index < -0.39 is 0 Å². The van der Waals surface area contributed by atoms with Gasteiger partial charge in [-0.1, -0.05) is 27.2 Å². The third-order valence-electron chi connectivity index (χ3n) is 4.15. The van der Waals surface area contributed by atoms with E-state index >= 15 is 0 Å². The fraction of sp³-hybridized carbons (Fsp3) is 0.938. The molecule has 0 heterocycles. The van der Waals surface area contributed by atoms with Crippen molar-refractivity contribution in [2.24, 2.45) is 17.8 Å². The number of rotatable bonds is 4. The molecule has 19 heavy (non-hydrogen) atoms. The molecule has 112 valence electrons. The van der Waals surface area contributed by atoms with Gasteiger partial charge in [0.2, 0.25) is 5.91 Å². The van der Waals surface area contributed by atoms with Crippen molar-refractivity contribution < 1.29 is 4.79 Å².